The maximum atomic E-state index is 3.76. The van der Waals surface area contributed by atoms with Crippen LogP contribution < -0.4 is 5.32 Å². The molecule has 22 heavy (non-hydrogen) atoms. The molecule has 1 saturated heterocycles. The fourth-order valence-corrected chi connectivity index (χ4v) is 4.03. The predicted molar refractivity (Wildman–Crippen MR) is 92.3 cm³/mol. The van der Waals surface area contributed by atoms with Crippen LogP contribution in [0.2, 0.25) is 0 Å². The number of hydrogen-bond donors (Lipinski definition) is 1. The van der Waals surface area contributed by atoms with Crippen LogP contribution in [0.25, 0.3) is 0 Å². The number of hydrogen-bond acceptors (Lipinski definition) is 2. The van der Waals surface area contributed by atoms with Gasteiger partial charge in [0, 0.05) is 30.7 Å². The second-order valence-electron chi connectivity index (χ2n) is 6.81. The van der Waals surface area contributed by atoms with E-state index in [4.69, 9.17) is 0 Å². The van der Waals surface area contributed by atoms with Crippen LogP contribution in [0.15, 0.2) is 48.5 Å². The van der Waals surface area contributed by atoms with Crippen molar-refractivity contribution < 1.29 is 0 Å². The van der Waals surface area contributed by atoms with E-state index in [0.717, 1.165) is 6.54 Å². The quantitative estimate of drug-likeness (QED) is 0.893. The molecule has 114 valence electrons. The molecule has 0 spiro atoms. The summed E-state index contributed by atoms with van der Waals surface area (Å²) in [6.07, 6.45) is 2.57. The molecule has 0 amide bonds. The van der Waals surface area contributed by atoms with Gasteiger partial charge in [-0.2, -0.15) is 0 Å². The summed E-state index contributed by atoms with van der Waals surface area (Å²) < 4.78 is 0. The third kappa shape index (κ3) is 2.64. The van der Waals surface area contributed by atoms with Gasteiger partial charge in [-0.05, 0) is 43.5 Å². The monoisotopic (exact) mass is 292 g/mol. The van der Waals surface area contributed by atoms with Gasteiger partial charge in [-0.1, -0.05) is 48.0 Å². The van der Waals surface area contributed by atoms with Crippen LogP contribution in [0, 0.1) is 6.92 Å². The van der Waals surface area contributed by atoms with Gasteiger partial charge in [-0.25, -0.2) is 0 Å². The first-order valence-electron chi connectivity index (χ1n) is 8.43. The van der Waals surface area contributed by atoms with Gasteiger partial charge in [-0.15, -0.1) is 0 Å². The second kappa shape index (κ2) is 5.77. The van der Waals surface area contributed by atoms with Gasteiger partial charge in [0.15, 0.2) is 0 Å². The summed E-state index contributed by atoms with van der Waals surface area (Å²) in [5, 5.41) is 3.76. The van der Waals surface area contributed by atoms with Gasteiger partial charge in [0.2, 0.25) is 0 Å². The lowest BCUT2D eigenvalue weighted by Crippen LogP contribution is -2.29. The van der Waals surface area contributed by atoms with E-state index in [1.807, 2.05) is 0 Å². The standard InChI is InChI=1S/C20H24N2/c1-15-9-10-20-17(12-15)18-14-22(11-5-8-19(18)21-20)13-16-6-3-2-4-7-16/h2-4,6-7,9-10,12,18-19,21H,5,8,11,13-14H2,1H3/t18-,19+/m0/s1. The average molecular weight is 292 g/mol. The molecule has 0 radical (unpaired) electrons. The molecule has 2 aromatic carbocycles. The van der Waals surface area contributed by atoms with Crippen molar-refractivity contribution >= 4 is 5.69 Å². The van der Waals surface area contributed by atoms with E-state index in [0.29, 0.717) is 12.0 Å². The molecule has 0 aromatic heterocycles. The Balaban J connectivity index is 1.56. The van der Waals surface area contributed by atoms with E-state index in [9.17, 15) is 0 Å². The molecule has 4 rings (SSSR count). The molecule has 2 aliphatic rings. The first kappa shape index (κ1) is 13.8. The molecular formula is C20H24N2. The van der Waals surface area contributed by atoms with Crippen molar-refractivity contribution in [3.05, 3.63) is 65.2 Å². The van der Waals surface area contributed by atoms with Crippen LogP contribution in [0.1, 0.15) is 35.4 Å². The van der Waals surface area contributed by atoms with Crippen molar-refractivity contribution in [3.63, 3.8) is 0 Å². The van der Waals surface area contributed by atoms with E-state index in [1.165, 1.54) is 48.3 Å². The van der Waals surface area contributed by atoms with Gasteiger partial charge < -0.3 is 5.32 Å². The van der Waals surface area contributed by atoms with Gasteiger partial charge in [0.05, 0.1) is 0 Å². The molecule has 2 atom stereocenters. The molecule has 2 aromatic rings. The highest BCUT2D eigenvalue weighted by molar-refractivity contribution is 5.60. The van der Waals surface area contributed by atoms with Crippen LogP contribution in [-0.4, -0.2) is 24.0 Å². The van der Waals surface area contributed by atoms with Crippen molar-refractivity contribution in [2.24, 2.45) is 0 Å². The number of nitrogens with one attached hydrogen (secondary N) is 1. The Morgan fingerprint density at radius 2 is 2.00 bits per heavy atom. The normalized spacial score (nSPS) is 24.2. The van der Waals surface area contributed by atoms with Crippen molar-refractivity contribution in [2.45, 2.75) is 38.3 Å². The number of nitrogens with zero attached hydrogens (tertiary/aromatic N) is 1. The fraction of sp³-hybridized carbons (Fsp3) is 0.400. The van der Waals surface area contributed by atoms with E-state index < -0.39 is 0 Å². The molecule has 0 aliphatic carbocycles. The first-order chi connectivity index (χ1) is 10.8. The van der Waals surface area contributed by atoms with E-state index in [-0.39, 0.29) is 0 Å². The Hall–Kier alpha value is -1.80. The number of likely N-dealkylation sites (tertiary alicyclic amines) is 1. The smallest absolute Gasteiger partial charge is 0.0379 e. The lowest BCUT2D eigenvalue weighted by atomic mass is 9.92. The lowest BCUT2D eigenvalue weighted by molar-refractivity contribution is 0.264. The Bertz CT molecular complexity index is 650. The minimum atomic E-state index is 0.623. The number of aryl methyl sites for hydroxylation is 1. The molecule has 0 saturated carbocycles. The maximum absolute atomic E-state index is 3.76. The van der Waals surface area contributed by atoms with Gasteiger partial charge in [0.25, 0.3) is 0 Å². The number of benzene rings is 2. The summed E-state index contributed by atoms with van der Waals surface area (Å²) in [4.78, 5) is 2.64. The summed E-state index contributed by atoms with van der Waals surface area (Å²) in [7, 11) is 0. The molecule has 0 bridgehead atoms. The largest absolute Gasteiger partial charge is 0.381 e. The van der Waals surface area contributed by atoms with Gasteiger partial charge in [-0.3, -0.25) is 4.90 Å². The highest BCUT2D eigenvalue weighted by atomic mass is 15.1. The van der Waals surface area contributed by atoms with Crippen molar-refractivity contribution in [2.75, 3.05) is 18.4 Å². The average Bonchev–Trinajstić information content (AvgIpc) is 2.73. The number of fused-ring (bicyclic) bond motifs is 3. The van der Waals surface area contributed by atoms with Gasteiger partial charge in [0.1, 0.15) is 0 Å². The minimum absolute atomic E-state index is 0.623. The van der Waals surface area contributed by atoms with Crippen molar-refractivity contribution in [1.82, 2.24) is 4.90 Å². The molecule has 2 heteroatoms. The summed E-state index contributed by atoms with van der Waals surface area (Å²) in [5.74, 6) is 0.640. The third-order valence-corrected chi connectivity index (χ3v) is 5.13. The first-order valence-corrected chi connectivity index (χ1v) is 8.43. The van der Waals surface area contributed by atoms with Crippen LogP contribution in [0.5, 0.6) is 0 Å². The van der Waals surface area contributed by atoms with Crippen molar-refractivity contribution in [3.8, 4) is 0 Å². The highest BCUT2D eigenvalue weighted by Gasteiger charge is 2.34. The predicted octanol–water partition coefficient (Wildman–Crippen LogP) is 4.17. The Morgan fingerprint density at radius 3 is 2.86 bits per heavy atom. The zero-order valence-corrected chi connectivity index (χ0v) is 13.3. The Morgan fingerprint density at radius 1 is 1.14 bits per heavy atom. The zero-order valence-electron chi connectivity index (χ0n) is 13.3. The van der Waals surface area contributed by atoms with Crippen LogP contribution in [0.4, 0.5) is 5.69 Å². The molecule has 0 unspecified atom stereocenters. The molecule has 2 nitrogen and oxygen atoms in total. The third-order valence-electron chi connectivity index (χ3n) is 5.13. The fourth-order valence-electron chi connectivity index (χ4n) is 4.03. The number of anilines is 1. The zero-order chi connectivity index (χ0) is 14.9. The number of rotatable bonds is 2. The van der Waals surface area contributed by atoms with Crippen LogP contribution >= 0.6 is 0 Å². The lowest BCUT2D eigenvalue weighted by Gasteiger charge is -2.24. The summed E-state index contributed by atoms with van der Waals surface area (Å²) in [5.41, 5.74) is 5.70. The van der Waals surface area contributed by atoms with E-state index in [1.54, 1.807) is 0 Å². The van der Waals surface area contributed by atoms with Crippen LogP contribution in [0.3, 0.4) is 0 Å². The Kier molecular flexibility index (Phi) is 3.63. The summed E-state index contributed by atoms with van der Waals surface area (Å²) >= 11 is 0. The van der Waals surface area contributed by atoms with E-state index >= 15 is 0 Å². The summed E-state index contributed by atoms with van der Waals surface area (Å²) in [6.45, 7) is 5.66. The topological polar surface area (TPSA) is 15.3 Å². The van der Waals surface area contributed by atoms with Crippen molar-refractivity contribution in [1.29, 1.82) is 0 Å². The molecular weight excluding hydrogens is 268 g/mol. The maximum Gasteiger partial charge on any atom is 0.0379 e. The molecule has 1 N–H and O–H groups in total. The van der Waals surface area contributed by atoms with Crippen LogP contribution in [-0.2, 0) is 6.54 Å². The molecule has 1 fully saturated rings. The highest BCUT2D eigenvalue weighted by Crippen LogP contribution is 2.40. The second-order valence-corrected chi connectivity index (χ2v) is 6.81. The van der Waals surface area contributed by atoms with Gasteiger partial charge >= 0.3 is 0 Å². The molecule has 2 aliphatic heterocycles. The Labute approximate surface area is 133 Å². The summed E-state index contributed by atoms with van der Waals surface area (Å²) in [6, 6.07) is 18.4. The van der Waals surface area contributed by atoms with E-state index in [2.05, 4.69) is 65.7 Å². The SMILES string of the molecule is Cc1ccc2c(c1)[C@@H]1CN(Cc3ccccc3)CCC[C@H]1N2. The molecule has 2 heterocycles. The minimum Gasteiger partial charge on any atom is -0.381 e.